The minimum atomic E-state index is -0.0832. The van der Waals surface area contributed by atoms with Crippen molar-refractivity contribution in [2.45, 2.75) is 0 Å². The lowest BCUT2D eigenvalue weighted by Gasteiger charge is -2.04. The minimum Gasteiger partial charge on any atom is -0.269 e. The number of pyridine rings is 1. The zero-order valence-corrected chi connectivity index (χ0v) is 11.0. The van der Waals surface area contributed by atoms with Gasteiger partial charge in [0.1, 0.15) is 5.65 Å². The third kappa shape index (κ3) is 1.95. The van der Waals surface area contributed by atoms with E-state index in [1.54, 1.807) is 12.3 Å². The lowest BCUT2D eigenvalue weighted by Crippen LogP contribution is -2.14. The summed E-state index contributed by atoms with van der Waals surface area (Å²) in [6, 6.07) is 14.9. The van der Waals surface area contributed by atoms with Crippen LogP contribution in [0.1, 0.15) is 0 Å². The van der Waals surface area contributed by atoms with Crippen molar-refractivity contribution in [3.05, 3.63) is 69.6 Å². The fourth-order valence-corrected chi connectivity index (χ4v) is 2.17. The summed E-state index contributed by atoms with van der Waals surface area (Å²) >= 11 is 3.34. The summed E-state index contributed by atoms with van der Waals surface area (Å²) in [7, 11) is 0. The van der Waals surface area contributed by atoms with E-state index in [1.165, 1.54) is 4.40 Å². The highest BCUT2D eigenvalue weighted by atomic mass is 79.9. The van der Waals surface area contributed by atoms with Gasteiger partial charge in [0.2, 0.25) is 0 Å². The molecule has 0 saturated carbocycles. The van der Waals surface area contributed by atoms with Crippen LogP contribution < -0.4 is 5.56 Å². The Balaban J connectivity index is 2.29. The molecule has 2 aromatic heterocycles. The molecule has 18 heavy (non-hydrogen) atoms. The number of nitrogens with zero attached hydrogens (tertiary/aromatic N) is 2. The molecule has 0 fully saturated rings. The van der Waals surface area contributed by atoms with Gasteiger partial charge in [0.25, 0.3) is 5.56 Å². The molecule has 0 N–H and O–H groups in total. The molecule has 0 aliphatic carbocycles. The zero-order chi connectivity index (χ0) is 12.5. The molecular formula is C14H9BrN2O. The number of halogens is 1. The average molecular weight is 301 g/mol. The van der Waals surface area contributed by atoms with Gasteiger partial charge in [-0.2, -0.15) is 0 Å². The van der Waals surface area contributed by atoms with Crippen LogP contribution in [-0.2, 0) is 0 Å². The number of aromatic nitrogens is 2. The van der Waals surface area contributed by atoms with E-state index in [-0.39, 0.29) is 5.56 Å². The molecular weight excluding hydrogens is 292 g/mol. The SMILES string of the molecule is O=c1cc(-c2ccccc2)nc2ccc(Br)cn12. The predicted molar refractivity (Wildman–Crippen MR) is 74.6 cm³/mol. The molecule has 3 aromatic rings. The molecule has 3 rings (SSSR count). The molecule has 0 bridgehead atoms. The zero-order valence-electron chi connectivity index (χ0n) is 9.38. The first kappa shape index (κ1) is 11.2. The van der Waals surface area contributed by atoms with Crippen LogP contribution in [0, 0.1) is 0 Å². The monoisotopic (exact) mass is 300 g/mol. The Kier molecular flexibility index (Phi) is 2.72. The quantitative estimate of drug-likeness (QED) is 0.692. The number of fused-ring (bicyclic) bond motifs is 1. The second kappa shape index (κ2) is 4.38. The molecule has 0 amide bonds. The van der Waals surface area contributed by atoms with Gasteiger partial charge in [-0.05, 0) is 28.1 Å². The fourth-order valence-electron chi connectivity index (χ4n) is 1.83. The third-order valence-corrected chi connectivity index (χ3v) is 3.16. The largest absolute Gasteiger partial charge is 0.269 e. The summed E-state index contributed by atoms with van der Waals surface area (Å²) in [6.45, 7) is 0. The van der Waals surface area contributed by atoms with E-state index >= 15 is 0 Å². The molecule has 4 heteroatoms. The maximum Gasteiger partial charge on any atom is 0.258 e. The average Bonchev–Trinajstić information content (AvgIpc) is 2.40. The predicted octanol–water partition coefficient (Wildman–Crippen LogP) is 3.12. The molecule has 1 aromatic carbocycles. The summed E-state index contributed by atoms with van der Waals surface area (Å²) in [4.78, 5) is 16.5. The Bertz CT molecular complexity index is 766. The molecule has 0 spiro atoms. The molecule has 2 heterocycles. The number of rotatable bonds is 1. The highest BCUT2D eigenvalue weighted by molar-refractivity contribution is 9.10. The van der Waals surface area contributed by atoms with Crippen molar-refractivity contribution < 1.29 is 0 Å². The Hall–Kier alpha value is -1.94. The molecule has 0 aliphatic heterocycles. The van der Waals surface area contributed by atoms with Crippen molar-refractivity contribution in [2.24, 2.45) is 0 Å². The third-order valence-electron chi connectivity index (χ3n) is 2.69. The van der Waals surface area contributed by atoms with E-state index < -0.39 is 0 Å². The van der Waals surface area contributed by atoms with Crippen LogP contribution in [-0.4, -0.2) is 9.38 Å². The maximum absolute atomic E-state index is 12.0. The van der Waals surface area contributed by atoms with Crippen molar-refractivity contribution >= 4 is 21.6 Å². The number of hydrogen-bond acceptors (Lipinski definition) is 2. The van der Waals surface area contributed by atoms with Crippen LogP contribution in [0.25, 0.3) is 16.9 Å². The standard InChI is InChI=1S/C14H9BrN2O/c15-11-6-7-13-16-12(8-14(18)17(13)9-11)10-4-2-1-3-5-10/h1-9H. The van der Waals surface area contributed by atoms with Crippen LogP contribution in [0.5, 0.6) is 0 Å². The van der Waals surface area contributed by atoms with Crippen molar-refractivity contribution in [3.8, 4) is 11.3 Å². The van der Waals surface area contributed by atoms with Gasteiger partial charge in [0.05, 0.1) is 5.69 Å². The van der Waals surface area contributed by atoms with Gasteiger partial charge in [-0.1, -0.05) is 30.3 Å². The molecule has 0 saturated heterocycles. The van der Waals surface area contributed by atoms with Gasteiger partial charge in [-0.15, -0.1) is 0 Å². The first-order chi connectivity index (χ1) is 8.74. The number of benzene rings is 1. The van der Waals surface area contributed by atoms with Gasteiger partial charge in [-0.25, -0.2) is 4.98 Å². The lowest BCUT2D eigenvalue weighted by molar-refractivity contribution is 1.04. The minimum absolute atomic E-state index is 0.0832. The van der Waals surface area contributed by atoms with Crippen LogP contribution in [0.3, 0.4) is 0 Å². The Labute approximate surface area is 112 Å². The van der Waals surface area contributed by atoms with Crippen LogP contribution in [0.2, 0.25) is 0 Å². The smallest absolute Gasteiger partial charge is 0.258 e. The first-order valence-electron chi connectivity index (χ1n) is 5.48. The number of hydrogen-bond donors (Lipinski definition) is 0. The van der Waals surface area contributed by atoms with Crippen LogP contribution >= 0.6 is 15.9 Å². The molecule has 3 nitrogen and oxygen atoms in total. The fraction of sp³-hybridized carbons (Fsp3) is 0. The highest BCUT2D eigenvalue weighted by Gasteiger charge is 2.04. The van der Waals surface area contributed by atoms with Crippen LogP contribution in [0.4, 0.5) is 0 Å². The summed E-state index contributed by atoms with van der Waals surface area (Å²) in [6.07, 6.45) is 1.72. The van der Waals surface area contributed by atoms with Gasteiger partial charge < -0.3 is 0 Å². The van der Waals surface area contributed by atoms with E-state index in [0.29, 0.717) is 11.3 Å². The summed E-state index contributed by atoms with van der Waals surface area (Å²) in [5, 5.41) is 0. The Morgan fingerprint density at radius 2 is 1.83 bits per heavy atom. The van der Waals surface area contributed by atoms with E-state index in [0.717, 1.165) is 10.0 Å². The van der Waals surface area contributed by atoms with Gasteiger partial charge >= 0.3 is 0 Å². The summed E-state index contributed by atoms with van der Waals surface area (Å²) < 4.78 is 2.38. The second-order valence-electron chi connectivity index (χ2n) is 3.92. The highest BCUT2D eigenvalue weighted by Crippen LogP contribution is 2.16. The molecule has 0 unspecified atom stereocenters. The Morgan fingerprint density at radius 3 is 2.61 bits per heavy atom. The van der Waals surface area contributed by atoms with Crippen molar-refractivity contribution in [1.29, 1.82) is 0 Å². The van der Waals surface area contributed by atoms with Gasteiger partial charge in [-0.3, -0.25) is 9.20 Å². The van der Waals surface area contributed by atoms with E-state index in [9.17, 15) is 4.79 Å². The van der Waals surface area contributed by atoms with E-state index in [1.807, 2.05) is 42.5 Å². The maximum atomic E-state index is 12.0. The van der Waals surface area contributed by atoms with E-state index in [2.05, 4.69) is 20.9 Å². The topological polar surface area (TPSA) is 34.4 Å². The first-order valence-corrected chi connectivity index (χ1v) is 6.28. The molecule has 0 radical (unpaired) electrons. The summed E-state index contributed by atoms with van der Waals surface area (Å²) in [5.41, 5.74) is 2.20. The van der Waals surface area contributed by atoms with Crippen molar-refractivity contribution in [1.82, 2.24) is 9.38 Å². The molecule has 88 valence electrons. The second-order valence-corrected chi connectivity index (χ2v) is 4.84. The molecule has 0 atom stereocenters. The Morgan fingerprint density at radius 1 is 1.06 bits per heavy atom. The van der Waals surface area contributed by atoms with Crippen molar-refractivity contribution in [3.63, 3.8) is 0 Å². The summed E-state index contributed by atoms with van der Waals surface area (Å²) in [5.74, 6) is 0. The van der Waals surface area contributed by atoms with E-state index in [4.69, 9.17) is 0 Å². The lowest BCUT2D eigenvalue weighted by atomic mass is 10.1. The molecule has 0 aliphatic rings. The van der Waals surface area contributed by atoms with Crippen LogP contribution in [0.15, 0.2) is 64.0 Å². The van der Waals surface area contributed by atoms with Gasteiger partial charge in [0.15, 0.2) is 0 Å². The van der Waals surface area contributed by atoms with Gasteiger partial charge in [0, 0.05) is 22.3 Å². The van der Waals surface area contributed by atoms with Crippen molar-refractivity contribution in [2.75, 3.05) is 0 Å². The normalized spacial score (nSPS) is 10.7.